The van der Waals surface area contributed by atoms with Crippen LogP contribution in [0.25, 0.3) is 0 Å². The number of hydrogen-bond donors (Lipinski definition) is 3. The molecule has 5 atom stereocenters. The van der Waals surface area contributed by atoms with Crippen molar-refractivity contribution in [1.82, 2.24) is 24.9 Å². The number of piperazine rings is 1. The third kappa shape index (κ3) is 8.44. The number of benzene rings is 2. The van der Waals surface area contributed by atoms with Gasteiger partial charge in [0.1, 0.15) is 17.7 Å². The van der Waals surface area contributed by atoms with E-state index in [4.69, 9.17) is 9.47 Å². The average Bonchev–Trinajstić information content (AvgIpc) is 3.17. The zero-order valence-electron chi connectivity index (χ0n) is 27.0. The number of anilines is 1. The van der Waals surface area contributed by atoms with Gasteiger partial charge in [-0.3, -0.25) is 4.79 Å². The first-order valence-corrected chi connectivity index (χ1v) is 17.5. The Morgan fingerprint density at radius 2 is 1.81 bits per heavy atom. The fourth-order valence-electron chi connectivity index (χ4n) is 6.19. The third-order valence-electron chi connectivity index (χ3n) is 8.52. The van der Waals surface area contributed by atoms with Gasteiger partial charge < -0.3 is 25.4 Å². The highest BCUT2D eigenvalue weighted by Crippen LogP contribution is 2.31. The Balaban J connectivity index is 1.44. The zero-order chi connectivity index (χ0) is 34.4. The van der Waals surface area contributed by atoms with E-state index in [2.05, 4.69) is 25.9 Å². The van der Waals surface area contributed by atoms with Crippen molar-refractivity contribution in [2.75, 3.05) is 31.3 Å². The molecule has 0 radical (unpaired) electrons. The summed E-state index contributed by atoms with van der Waals surface area (Å²) < 4.78 is 67.2. The van der Waals surface area contributed by atoms with Crippen molar-refractivity contribution >= 4 is 27.7 Å². The average molecular weight is 687 g/mol. The Labute approximate surface area is 278 Å². The molecule has 48 heavy (non-hydrogen) atoms. The maximum absolute atomic E-state index is 15.4. The first-order valence-electron chi connectivity index (χ1n) is 15.8. The topological polar surface area (TPSA) is 152 Å². The number of ether oxygens (including phenoxy) is 2. The summed E-state index contributed by atoms with van der Waals surface area (Å²) >= 11 is 0. The summed E-state index contributed by atoms with van der Waals surface area (Å²) in [6.07, 6.45) is 3.59. The second-order valence-corrected chi connectivity index (χ2v) is 14.2. The van der Waals surface area contributed by atoms with Crippen LogP contribution in [0.15, 0.2) is 54.9 Å². The van der Waals surface area contributed by atoms with Crippen molar-refractivity contribution in [3.8, 4) is 6.01 Å². The third-order valence-corrected chi connectivity index (χ3v) is 10.5. The van der Waals surface area contributed by atoms with E-state index in [1.807, 2.05) is 13.8 Å². The highest BCUT2D eigenvalue weighted by molar-refractivity contribution is 7.89. The van der Waals surface area contributed by atoms with Crippen molar-refractivity contribution in [2.45, 2.75) is 69.7 Å². The summed E-state index contributed by atoms with van der Waals surface area (Å²) in [4.78, 5) is 35.2. The van der Waals surface area contributed by atoms with Crippen LogP contribution in [0, 0.1) is 11.6 Å². The summed E-state index contributed by atoms with van der Waals surface area (Å²) in [5.41, 5.74) is 1.20. The van der Waals surface area contributed by atoms with Crippen LogP contribution >= 0.6 is 0 Å². The second-order valence-electron chi connectivity index (χ2n) is 12.2. The molecule has 5 rings (SSSR count). The van der Waals surface area contributed by atoms with Gasteiger partial charge in [-0.15, -0.1) is 0 Å². The van der Waals surface area contributed by atoms with Gasteiger partial charge in [-0.1, -0.05) is 18.2 Å². The fraction of sp³-hybridized carbons (Fsp3) is 0.455. The van der Waals surface area contributed by atoms with Gasteiger partial charge in [0.15, 0.2) is 0 Å². The Morgan fingerprint density at radius 3 is 2.50 bits per heavy atom. The van der Waals surface area contributed by atoms with Gasteiger partial charge in [0.05, 0.1) is 19.0 Å². The van der Waals surface area contributed by atoms with Crippen molar-refractivity contribution in [3.05, 3.63) is 83.2 Å². The Morgan fingerprint density at radius 1 is 1.08 bits per heavy atom. The molecule has 2 bridgehead atoms. The van der Waals surface area contributed by atoms with E-state index >= 15 is 4.39 Å². The van der Waals surface area contributed by atoms with Gasteiger partial charge >= 0.3 is 12.1 Å². The van der Waals surface area contributed by atoms with Crippen LogP contribution in [0.3, 0.4) is 0 Å². The van der Waals surface area contributed by atoms with Gasteiger partial charge in [0.25, 0.3) is 0 Å². The smallest absolute Gasteiger partial charge is 0.407 e. The van der Waals surface area contributed by atoms with Gasteiger partial charge in [-0.25, -0.2) is 32.0 Å². The summed E-state index contributed by atoms with van der Waals surface area (Å²) in [7, 11) is -2.30. The largest absolute Gasteiger partial charge is 0.461 e. The molecule has 0 aliphatic carbocycles. The van der Waals surface area contributed by atoms with Crippen molar-refractivity contribution in [2.24, 2.45) is 0 Å². The molecule has 0 saturated carbocycles. The van der Waals surface area contributed by atoms with Crippen LogP contribution in [0.2, 0.25) is 0 Å². The SMILES string of the molecule is COC(=O)NC(C(=O)Nc1cccc(F)c1CCC1CNC2CCCS(=O)(=O)N1C2)C(c1ccc(F)cc1)c1cnc(OC(C)C)nc1. The van der Waals surface area contributed by atoms with Crippen LogP contribution in [0.4, 0.5) is 19.3 Å². The first kappa shape index (κ1) is 35.1. The predicted octanol–water partition coefficient (Wildman–Crippen LogP) is 3.74. The molecule has 258 valence electrons. The molecular formula is C33H40F2N6O6S. The molecule has 5 unspecified atom stereocenters. The molecule has 1 aromatic heterocycles. The molecule has 3 aromatic rings. The van der Waals surface area contributed by atoms with E-state index in [1.54, 1.807) is 0 Å². The molecular weight excluding hydrogens is 646 g/mol. The number of alkyl carbamates (subject to hydrolysis) is 1. The molecule has 12 nitrogen and oxygen atoms in total. The number of rotatable bonds is 11. The molecule has 0 spiro atoms. The minimum absolute atomic E-state index is 0.0744. The van der Waals surface area contributed by atoms with Gasteiger partial charge in [0.2, 0.25) is 15.9 Å². The lowest BCUT2D eigenvalue weighted by Gasteiger charge is -2.37. The lowest BCUT2D eigenvalue weighted by atomic mass is 9.85. The monoisotopic (exact) mass is 686 g/mol. The normalized spacial score (nSPS) is 21.4. The van der Waals surface area contributed by atoms with Crippen LogP contribution in [-0.2, 0) is 26.0 Å². The number of nitrogens with one attached hydrogen (secondary N) is 3. The van der Waals surface area contributed by atoms with Gasteiger partial charge in [0, 0.05) is 54.7 Å². The molecule has 3 heterocycles. The number of hydrogen-bond acceptors (Lipinski definition) is 9. The molecule has 2 aliphatic heterocycles. The number of nitrogens with zero attached hydrogens (tertiary/aromatic N) is 3. The second kappa shape index (κ2) is 15.3. The number of fused-ring (bicyclic) bond motifs is 2. The number of halogens is 2. The molecule has 2 amide bonds. The number of amides is 2. The Kier molecular flexibility index (Phi) is 11.2. The van der Waals surface area contributed by atoms with Gasteiger partial charge in [-0.05, 0) is 74.9 Å². The highest BCUT2D eigenvalue weighted by Gasteiger charge is 2.38. The van der Waals surface area contributed by atoms with Crippen LogP contribution < -0.4 is 20.7 Å². The maximum atomic E-state index is 15.4. The quantitative estimate of drug-likeness (QED) is 0.274. The molecule has 2 aromatic carbocycles. The number of carbonyl (C=O) groups is 2. The van der Waals surface area contributed by atoms with E-state index in [-0.39, 0.29) is 47.6 Å². The summed E-state index contributed by atoms with van der Waals surface area (Å²) in [5, 5.41) is 8.75. The van der Waals surface area contributed by atoms with Crippen molar-refractivity contribution < 1.29 is 36.3 Å². The number of methoxy groups -OCH3 is 1. The molecule has 15 heteroatoms. The minimum atomic E-state index is -3.45. The zero-order valence-corrected chi connectivity index (χ0v) is 27.8. The first-order chi connectivity index (χ1) is 22.9. The summed E-state index contributed by atoms with van der Waals surface area (Å²) in [5.74, 6) is -2.66. The standard InChI is InChI=1S/C33H40F2N6O6S/c1-20(2)47-32-37-16-22(17-38-32)29(21-9-11-23(34)12-10-21)30(40-33(43)46-3)31(42)39-28-8-4-7-27(35)26(28)14-13-25-18-36-24-6-5-15-48(44,45)41(25)19-24/h4,7-12,16-17,20,24-25,29-30,36H,5-6,13-15,18-19H2,1-3H3,(H,39,42)(H,40,43). The number of sulfonamides is 1. The van der Waals surface area contributed by atoms with Crippen LogP contribution in [0.5, 0.6) is 6.01 Å². The van der Waals surface area contributed by atoms with E-state index in [0.29, 0.717) is 37.1 Å². The Bertz CT molecular complexity index is 1690. The van der Waals surface area contributed by atoms with Crippen molar-refractivity contribution in [1.29, 1.82) is 0 Å². The molecule has 2 saturated heterocycles. The lowest BCUT2D eigenvalue weighted by molar-refractivity contribution is -0.118. The molecule has 2 aliphatic rings. The summed E-state index contributed by atoms with van der Waals surface area (Å²) in [6, 6.07) is 8.11. The maximum Gasteiger partial charge on any atom is 0.407 e. The minimum Gasteiger partial charge on any atom is -0.461 e. The number of aromatic nitrogens is 2. The van der Waals surface area contributed by atoms with E-state index in [0.717, 1.165) is 13.5 Å². The van der Waals surface area contributed by atoms with Gasteiger partial charge in [-0.2, -0.15) is 4.31 Å². The highest BCUT2D eigenvalue weighted by atomic mass is 32.2. The van der Waals surface area contributed by atoms with Crippen molar-refractivity contribution in [3.63, 3.8) is 0 Å². The lowest BCUT2D eigenvalue weighted by Crippen LogP contribution is -2.57. The summed E-state index contributed by atoms with van der Waals surface area (Å²) in [6.45, 7) is 4.44. The van der Waals surface area contributed by atoms with E-state index in [9.17, 15) is 22.4 Å². The fourth-order valence-corrected chi connectivity index (χ4v) is 8.00. The van der Waals surface area contributed by atoms with Crippen LogP contribution in [0.1, 0.15) is 55.7 Å². The molecule has 3 N–H and O–H groups in total. The van der Waals surface area contributed by atoms with E-state index in [1.165, 1.54) is 59.2 Å². The van der Waals surface area contributed by atoms with E-state index < -0.39 is 45.6 Å². The number of carbonyl (C=O) groups excluding carboxylic acids is 2. The predicted molar refractivity (Wildman–Crippen MR) is 174 cm³/mol. The molecule has 2 fully saturated rings. The van der Waals surface area contributed by atoms with Crippen LogP contribution in [-0.4, -0.2) is 84.9 Å². The Hall–Kier alpha value is -4.21.